The lowest BCUT2D eigenvalue weighted by molar-refractivity contribution is -0.120. The van der Waals surface area contributed by atoms with Crippen LogP contribution in [0.2, 0.25) is 0 Å². The minimum Gasteiger partial charge on any atom is -0.355 e. The standard InChI is InChI=1S/C6H14N2O.C2H6/c1-3-4-8-6(9)5-7-2;1-2/h7H,3-5H2,1-2H3,(H,8,9);1-2H3. The molecule has 3 heteroatoms. The van der Waals surface area contributed by atoms with Gasteiger partial charge in [-0.3, -0.25) is 4.79 Å². The SMILES string of the molecule is CC.CCCNC(=O)CNC. The summed E-state index contributed by atoms with van der Waals surface area (Å²) in [4.78, 5) is 10.6. The molecule has 0 bridgehead atoms. The molecule has 0 aliphatic carbocycles. The van der Waals surface area contributed by atoms with Crippen molar-refractivity contribution in [2.45, 2.75) is 27.2 Å². The van der Waals surface area contributed by atoms with Crippen molar-refractivity contribution >= 4 is 5.91 Å². The summed E-state index contributed by atoms with van der Waals surface area (Å²) in [5.74, 6) is 0.0688. The Morgan fingerprint density at radius 1 is 1.36 bits per heavy atom. The van der Waals surface area contributed by atoms with Gasteiger partial charge in [-0.05, 0) is 13.5 Å². The van der Waals surface area contributed by atoms with Crippen LogP contribution in [-0.2, 0) is 4.79 Å². The predicted octanol–water partition coefficient (Wildman–Crippen LogP) is 0.758. The Morgan fingerprint density at radius 2 is 1.91 bits per heavy atom. The molecule has 3 nitrogen and oxygen atoms in total. The number of nitrogens with one attached hydrogen (secondary N) is 2. The molecule has 0 radical (unpaired) electrons. The highest BCUT2D eigenvalue weighted by Crippen LogP contribution is 1.68. The molecule has 0 aliphatic heterocycles. The van der Waals surface area contributed by atoms with E-state index in [1.54, 1.807) is 7.05 Å². The van der Waals surface area contributed by atoms with Crippen molar-refractivity contribution < 1.29 is 4.79 Å². The third-order valence-corrected chi connectivity index (χ3v) is 0.910. The Kier molecular flexibility index (Phi) is 14.4. The minimum atomic E-state index is 0.0688. The predicted molar refractivity (Wildman–Crippen MR) is 48.6 cm³/mol. The zero-order chi connectivity index (χ0) is 9.11. The van der Waals surface area contributed by atoms with Gasteiger partial charge in [-0.2, -0.15) is 0 Å². The maximum absolute atomic E-state index is 10.6. The fourth-order valence-corrected chi connectivity index (χ4v) is 0.487. The van der Waals surface area contributed by atoms with Crippen LogP contribution in [0.1, 0.15) is 27.2 Å². The molecule has 0 saturated heterocycles. The lowest BCUT2D eigenvalue weighted by Crippen LogP contribution is -2.32. The van der Waals surface area contributed by atoms with Crippen molar-refractivity contribution in [2.75, 3.05) is 20.1 Å². The van der Waals surface area contributed by atoms with Gasteiger partial charge in [0.25, 0.3) is 0 Å². The van der Waals surface area contributed by atoms with E-state index in [4.69, 9.17) is 0 Å². The number of carbonyl (C=O) groups excluding carboxylic acids is 1. The number of rotatable bonds is 4. The van der Waals surface area contributed by atoms with Gasteiger partial charge in [0.15, 0.2) is 0 Å². The second-order valence-corrected chi connectivity index (χ2v) is 1.88. The summed E-state index contributed by atoms with van der Waals surface area (Å²) in [5.41, 5.74) is 0. The highest BCUT2D eigenvalue weighted by Gasteiger charge is 1.93. The lowest BCUT2D eigenvalue weighted by Gasteiger charge is -2.00. The monoisotopic (exact) mass is 160 g/mol. The Hall–Kier alpha value is -0.570. The molecule has 11 heavy (non-hydrogen) atoms. The van der Waals surface area contributed by atoms with Crippen LogP contribution in [0.5, 0.6) is 0 Å². The number of hydrogen-bond donors (Lipinski definition) is 2. The second-order valence-electron chi connectivity index (χ2n) is 1.88. The highest BCUT2D eigenvalue weighted by molar-refractivity contribution is 5.77. The van der Waals surface area contributed by atoms with Crippen molar-refractivity contribution in [1.82, 2.24) is 10.6 Å². The molecule has 0 aliphatic rings. The molecule has 68 valence electrons. The normalized spacial score (nSPS) is 8.00. The van der Waals surface area contributed by atoms with Gasteiger partial charge in [0, 0.05) is 6.54 Å². The molecule has 0 aromatic rings. The van der Waals surface area contributed by atoms with Crippen LogP contribution in [0, 0.1) is 0 Å². The molecule has 0 fully saturated rings. The van der Waals surface area contributed by atoms with E-state index in [0.29, 0.717) is 6.54 Å². The van der Waals surface area contributed by atoms with E-state index in [0.717, 1.165) is 13.0 Å². The zero-order valence-electron chi connectivity index (χ0n) is 8.03. The summed E-state index contributed by atoms with van der Waals surface area (Å²) < 4.78 is 0. The van der Waals surface area contributed by atoms with Crippen molar-refractivity contribution in [3.8, 4) is 0 Å². The van der Waals surface area contributed by atoms with Crippen molar-refractivity contribution in [3.05, 3.63) is 0 Å². The molecule has 2 N–H and O–H groups in total. The number of likely N-dealkylation sites (N-methyl/N-ethyl adjacent to an activating group) is 1. The molecule has 0 spiro atoms. The molecular weight excluding hydrogens is 140 g/mol. The van der Waals surface area contributed by atoms with Crippen molar-refractivity contribution in [3.63, 3.8) is 0 Å². The summed E-state index contributed by atoms with van der Waals surface area (Å²) in [5, 5.41) is 5.50. The maximum Gasteiger partial charge on any atom is 0.233 e. The lowest BCUT2D eigenvalue weighted by atomic mass is 10.4. The fraction of sp³-hybridized carbons (Fsp3) is 0.875. The second kappa shape index (κ2) is 12.1. The molecule has 0 heterocycles. The van der Waals surface area contributed by atoms with Gasteiger partial charge in [-0.15, -0.1) is 0 Å². The van der Waals surface area contributed by atoms with Crippen LogP contribution in [0.3, 0.4) is 0 Å². The van der Waals surface area contributed by atoms with E-state index in [9.17, 15) is 4.79 Å². The molecule has 0 unspecified atom stereocenters. The molecular formula is C8H20N2O. The Labute approximate surface area is 69.6 Å². The average molecular weight is 160 g/mol. The number of amides is 1. The van der Waals surface area contributed by atoms with Gasteiger partial charge in [0.2, 0.25) is 5.91 Å². The van der Waals surface area contributed by atoms with Gasteiger partial charge >= 0.3 is 0 Å². The van der Waals surface area contributed by atoms with E-state index in [-0.39, 0.29) is 5.91 Å². The Morgan fingerprint density at radius 3 is 2.27 bits per heavy atom. The van der Waals surface area contributed by atoms with E-state index < -0.39 is 0 Å². The van der Waals surface area contributed by atoms with Crippen LogP contribution >= 0.6 is 0 Å². The topological polar surface area (TPSA) is 41.1 Å². The smallest absolute Gasteiger partial charge is 0.233 e. The maximum atomic E-state index is 10.6. The molecule has 0 atom stereocenters. The number of hydrogen-bond acceptors (Lipinski definition) is 2. The molecule has 0 saturated carbocycles. The first-order valence-electron chi connectivity index (χ1n) is 4.22. The average Bonchev–Trinajstić information content (AvgIpc) is 2.05. The van der Waals surface area contributed by atoms with E-state index >= 15 is 0 Å². The minimum absolute atomic E-state index is 0.0688. The third-order valence-electron chi connectivity index (χ3n) is 0.910. The summed E-state index contributed by atoms with van der Waals surface area (Å²) in [6.07, 6.45) is 0.995. The van der Waals surface area contributed by atoms with Crippen molar-refractivity contribution in [2.24, 2.45) is 0 Å². The van der Waals surface area contributed by atoms with E-state index in [2.05, 4.69) is 10.6 Å². The first-order chi connectivity index (χ1) is 5.31. The molecule has 1 amide bonds. The first-order valence-corrected chi connectivity index (χ1v) is 4.22. The molecule has 0 aromatic carbocycles. The van der Waals surface area contributed by atoms with Gasteiger partial charge in [-0.25, -0.2) is 0 Å². The summed E-state index contributed by atoms with van der Waals surface area (Å²) in [6.45, 7) is 7.22. The van der Waals surface area contributed by atoms with Crippen LogP contribution < -0.4 is 10.6 Å². The fourth-order valence-electron chi connectivity index (χ4n) is 0.487. The first kappa shape index (κ1) is 13.1. The van der Waals surface area contributed by atoms with Crippen LogP contribution in [0.4, 0.5) is 0 Å². The summed E-state index contributed by atoms with van der Waals surface area (Å²) >= 11 is 0. The van der Waals surface area contributed by atoms with Crippen LogP contribution in [-0.4, -0.2) is 26.0 Å². The third kappa shape index (κ3) is 12.6. The highest BCUT2D eigenvalue weighted by atomic mass is 16.1. The summed E-state index contributed by atoms with van der Waals surface area (Å²) in [7, 11) is 1.76. The van der Waals surface area contributed by atoms with Gasteiger partial charge < -0.3 is 10.6 Å². The Bertz CT molecular complexity index is 84.2. The van der Waals surface area contributed by atoms with E-state index in [1.165, 1.54) is 0 Å². The van der Waals surface area contributed by atoms with Crippen molar-refractivity contribution in [1.29, 1.82) is 0 Å². The zero-order valence-corrected chi connectivity index (χ0v) is 8.03. The quantitative estimate of drug-likeness (QED) is 0.637. The number of carbonyl (C=O) groups is 1. The van der Waals surface area contributed by atoms with E-state index in [1.807, 2.05) is 20.8 Å². The van der Waals surface area contributed by atoms with Gasteiger partial charge in [0.1, 0.15) is 0 Å². The van der Waals surface area contributed by atoms with Crippen LogP contribution in [0.15, 0.2) is 0 Å². The Balaban J connectivity index is 0. The van der Waals surface area contributed by atoms with Crippen LogP contribution in [0.25, 0.3) is 0 Å². The molecule has 0 rings (SSSR count). The summed E-state index contributed by atoms with van der Waals surface area (Å²) in [6, 6.07) is 0. The molecule has 0 aromatic heterocycles. The largest absolute Gasteiger partial charge is 0.355 e. The van der Waals surface area contributed by atoms with Gasteiger partial charge in [-0.1, -0.05) is 20.8 Å². The van der Waals surface area contributed by atoms with Gasteiger partial charge in [0.05, 0.1) is 6.54 Å².